The number of aromatic amines is 1. The van der Waals surface area contributed by atoms with Crippen molar-refractivity contribution in [1.29, 1.82) is 0 Å². The van der Waals surface area contributed by atoms with Crippen molar-refractivity contribution in [3.63, 3.8) is 0 Å². The number of amides is 1. The molecule has 3 aromatic rings. The van der Waals surface area contributed by atoms with Crippen LogP contribution in [0.25, 0.3) is 21.8 Å². The summed E-state index contributed by atoms with van der Waals surface area (Å²) in [6.45, 7) is 0. The molecular formula is C24H22N2O3S. The highest BCUT2D eigenvalue weighted by Gasteiger charge is 2.46. The van der Waals surface area contributed by atoms with Crippen molar-refractivity contribution in [2.45, 2.75) is 18.2 Å². The molecule has 1 fully saturated rings. The number of hydrogen-bond acceptors (Lipinski definition) is 4. The molecule has 0 bridgehead atoms. The number of benzene rings is 2. The second kappa shape index (κ2) is 7.69. The molecule has 1 amide bonds. The lowest BCUT2D eigenvalue weighted by Crippen LogP contribution is -2.41. The first-order valence-electron chi connectivity index (χ1n) is 10.0. The largest absolute Gasteiger partial charge is 0.469 e. The number of methoxy groups -OCH3 is 1. The summed E-state index contributed by atoms with van der Waals surface area (Å²) >= 11 is 1.56. The Morgan fingerprint density at radius 3 is 2.87 bits per heavy atom. The van der Waals surface area contributed by atoms with Gasteiger partial charge in [0.05, 0.1) is 30.3 Å². The number of carbonyl (C=O) groups excluding carboxylic acids is 2. The van der Waals surface area contributed by atoms with E-state index in [0.717, 1.165) is 38.7 Å². The standard InChI is InChI=1S/C24H22N2O3S/c1-29-24(28)21-17-9-3-5-12-19(17)30-23(21)26-20(27)13-14-7-6-10-16-15-8-2-4-11-18(15)25-22(14)16/h2-8,10-12,17,21,23,25H,9,13H2,1H3,(H,26,27). The minimum atomic E-state index is -0.371. The van der Waals surface area contributed by atoms with Gasteiger partial charge in [0.25, 0.3) is 0 Å². The Labute approximate surface area is 178 Å². The molecule has 0 saturated carbocycles. The summed E-state index contributed by atoms with van der Waals surface area (Å²) in [5.41, 5.74) is 2.98. The van der Waals surface area contributed by atoms with Gasteiger partial charge >= 0.3 is 5.97 Å². The zero-order chi connectivity index (χ0) is 20.7. The van der Waals surface area contributed by atoms with E-state index >= 15 is 0 Å². The van der Waals surface area contributed by atoms with Crippen molar-refractivity contribution >= 4 is 45.4 Å². The van der Waals surface area contributed by atoms with Gasteiger partial charge in [-0.05, 0) is 23.0 Å². The molecule has 5 rings (SSSR count). The van der Waals surface area contributed by atoms with E-state index in [1.165, 1.54) is 7.11 Å². The topological polar surface area (TPSA) is 71.2 Å². The van der Waals surface area contributed by atoms with Crippen molar-refractivity contribution in [2.75, 3.05) is 7.11 Å². The third kappa shape index (κ3) is 3.21. The normalized spacial score (nSPS) is 22.7. The van der Waals surface area contributed by atoms with E-state index in [4.69, 9.17) is 4.74 Å². The number of rotatable bonds is 4. The number of para-hydroxylation sites is 2. The van der Waals surface area contributed by atoms with Gasteiger partial charge in [-0.1, -0.05) is 54.6 Å². The molecule has 152 valence electrons. The number of aromatic nitrogens is 1. The first kappa shape index (κ1) is 19.0. The fourth-order valence-corrected chi connectivity index (χ4v) is 6.02. The molecule has 1 aliphatic carbocycles. The van der Waals surface area contributed by atoms with Crippen LogP contribution in [-0.4, -0.2) is 29.3 Å². The predicted octanol–water partition coefficient (Wildman–Crippen LogP) is 4.30. The van der Waals surface area contributed by atoms with Gasteiger partial charge < -0.3 is 15.0 Å². The minimum Gasteiger partial charge on any atom is -0.469 e. The third-order valence-corrected chi connectivity index (χ3v) is 7.31. The van der Waals surface area contributed by atoms with Crippen LogP contribution in [0.4, 0.5) is 0 Å². The summed E-state index contributed by atoms with van der Waals surface area (Å²) in [5.74, 6) is -0.659. The van der Waals surface area contributed by atoms with E-state index in [0.29, 0.717) is 0 Å². The first-order valence-corrected chi connectivity index (χ1v) is 10.9. The fourth-order valence-electron chi connectivity index (χ4n) is 4.52. The summed E-state index contributed by atoms with van der Waals surface area (Å²) in [6, 6.07) is 14.2. The SMILES string of the molecule is COC(=O)C1C(NC(=O)Cc2cccc3c2[nH]c2ccccc23)SC2=CC=CCC21. The van der Waals surface area contributed by atoms with Crippen molar-refractivity contribution in [1.82, 2.24) is 10.3 Å². The van der Waals surface area contributed by atoms with Gasteiger partial charge in [0.2, 0.25) is 5.91 Å². The van der Waals surface area contributed by atoms with E-state index < -0.39 is 0 Å². The van der Waals surface area contributed by atoms with Crippen molar-refractivity contribution < 1.29 is 14.3 Å². The Bertz CT molecular complexity index is 1210. The predicted molar refractivity (Wildman–Crippen MR) is 120 cm³/mol. The van der Waals surface area contributed by atoms with E-state index in [2.05, 4.69) is 28.5 Å². The number of thioether (sulfide) groups is 1. The summed E-state index contributed by atoms with van der Waals surface area (Å²) in [5, 5.41) is 5.03. The summed E-state index contributed by atoms with van der Waals surface area (Å²) < 4.78 is 5.04. The van der Waals surface area contributed by atoms with Gasteiger partial charge in [-0.2, -0.15) is 0 Å². The lowest BCUT2D eigenvalue weighted by molar-refractivity contribution is -0.147. The maximum absolute atomic E-state index is 13.0. The number of fused-ring (bicyclic) bond motifs is 4. The van der Waals surface area contributed by atoms with E-state index in [1.54, 1.807) is 11.8 Å². The van der Waals surface area contributed by atoms with E-state index in [1.807, 2.05) is 42.5 Å². The Hall–Kier alpha value is -2.99. The maximum Gasteiger partial charge on any atom is 0.312 e. The molecule has 1 aliphatic heterocycles. The van der Waals surface area contributed by atoms with Crippen LogP contribution in [0.1, 0.15) is 12.0 Å². The Morgan fingerprint density at radius 1 is 1.17 bits per heavy atom. The second-order valence-corrected chi connectivity index (χ2v) is 8.90. The van der Waals surface area contributed by atoms with Gasteiger partial charge in [-0.3, -0.25) is 9.59 Å². The summed E-state index contributed by atoms with van der Waals surface area (Å²) in [6.07, 6.45) is 7.14. The lowest BCUT2D eigenvalue weighted by atomic mass is 9.87. The van der Waals surface area contributed by atoms with Gasteiger partial charge in [-0.25, -0.2) is 0 Å². The quantitative estimate of drug-likeness (QED) is 0.620. The molecule has 6 heteroatoms. The van der Waals surface area contributed by atoms with Gasteiger partial charge in [0.15, 0.2) is 0 Å². The number of allylic oxidation sites excluding steroid dienone is 4. The van der Waals surface area contributed by atoms with Gasteiger partial charge in [-0.15, -0.1) is 11.8 Å². The van der Waals surface area contributed by atoms with Crippen LogP contribution in [-0.2, 0) is 20.7 Å². The molecule has 3 unspecified atom stereocenters. The maximum atomic E-state index is 13.0. The zero-order valence-corrected chi connectivity index (χ0v) is 17.4. The van der Waals surface area contributed by atoms with Crippen LogP contribution in [0.15, 0.2) is 65.6 Å². The monoisotopic (exact) mass is 418 g/mol. The van der Waals surface area contributed by atoms with Crippen LogP contribution in [0.5, 0.6) is 0 Å². The highest BCUT2D eigenvalue weighted by molar-refractivity contribution is 8.04. The number of esters is 1. The van der Waals surface area contributed by atoms with Crippen molar-refractivity contribution in [3.05, 3.63) is 71.2 Å². The molecule has 2 heterocycles. The fraction of sp³-hybridized carbons (Fsp3) is 0.250. The highest BCUT2D eigenvalue weighted by Crippen LogP contribution is 2.48. The van der Waals surface area contributed by atoms with Gasteiger partial charge in [0.1, 0.15) is 0 Å². The first-order chi connectivity index (χ1) is 14.7. The molecule has 0 spiro atoms. The van der Waals surface area contributed by atoms with Crippen LogP contribution in [0.3, 0.4) is 0 Å². The molecule has 30 heavy (non-hydrogen) atoms. The van der Waals surface area contributed by atoms with E-state index in [-0.39, 0.29) is 35.5 Å². The molecule has 2 aliphatic rings. The smallest absolute Gasteiger partial charge is 0.312 e. The summed E-state index contributed by atoms with van der Waals surface area (Å²) in [7, 11) is 1.41. The van der Waals surface area contributed by atoms with Crippen LogP contribution < -0.4 is 5.32 Å². The molecule has 1 saturated heterocycles. The molecule has 2 N–H and O–H groups in total. The Balaban J connectivity index is 1.39. The number of nitrogens with one attached hydrogen (secondary N) is 2. The summed E-state index contributed by atoms with van der Waals surface area (Å²) in [4.78, 5) is 30.0. The average Bonchev–Trinajstić information content (AvgIpc) is 3.32. The zero-order valence-electron chi connectivity index (χ0n) is 16.6. The van der Waals surface area contributed by atoms with Crippen LogP contribution in [0.2, 0.25) is 0 Å². The number of hydrogen-bond donors (Lipinski definition) is 2. The Kier molecular flexibility index (Phi) is 4.87. The molecular weight excluding hydrogens is 396 g/mol. The molecule has 3 atom stereocenters. The van der Waals surface area contributed by atoms with E-state index in [9.17, 15) is 9.59 Å². The number of H-pyrrole nitrogens is 1. The number of carbonyl (C=O) groups is 2. The highest BCUT2D eigenvalue weighted by atomic mass is 32.2. The third-order valence-electron chi connectivity index (χ3n) is 5.93. The molecule has 2 aromatic carbocycles. The lowest BCUT2D eigenvalue weighted by Gasteiger charge is -2.22. The minimum absolute atomic E-state index is 0.0786. The van der Waals surface area contributed by atoms with Gasteiger partial charge in [0, 0.05) is 22.2 Å². The average molecular weight is 419 g/mol. The second-order valence-electron chi connectivity index (χ2n) is 7.68. The Morgan fingerprint density at radius 2 is 2.00 bits per heavy atom. The number of ether oxygens (including phenoxy) is 1. The molecule has 1 aromatic heterocycles. The van der Waals surface area contributed by atoms with Crippen LogP contribution in [0, 0.1) is 11.8 Å². The van der Waals surface area contributed by atoms with Crippen LogP contribution >= 0.6 is 11.8 Å². The van der Waals surface area contributed by atoms with Crippen molar-refractivity contribution in [3.8, 4) is 0 Å². The van der Waals surface area contributed by atoms with Crippen molar-refractivity contribution in [2.24, 2.45) is 11.8 Å². The molecule has 0 radical (unpaired) electrons. The molecule has 5 nitrogen and oxygen atoms in total.